The van der Waals surface area contributed by atoms with E-state index in [0.717, 1.165) is 18.2 Å². The van der Waals surface area contributed by atoms with Crippen molar-refractivity contribution in [2.75, 3.05) is 5.32 Å². The lowest BCUT2D eigenvalue weighted by molar-refractivity contribution is -0.149. The number of amides is 3. The van der Waals surface area contributed by atoms with Crippen LogP contribution in [-0.4, -0.2) is 17.9 Å². The number of urea groups is 1. The minimum Gasteiger partial charge on any atom is -0.457 e. The highest BCUT2D eigenvalue weighted by molar-refractivity contribution is 6.55. The monoisotopic (exact) mass is 795 g/mol. The molecule has 16 heteroatoms. The molecule has 0 aromatic heterocycles. The fraction of sp³-hybridized carbons (Fsp3) is 0.167. The molecule has 8 nitrogen and oxygen atoms in total. The van der Waals surface area contributed by atoms with Gasteiger partial charge in [-0.1, -0.05) is 96.6 Å². The van der Waals surface area contributed by atoms with Gasteiger partial charge in [0.25, 0.3) is 5.91 Å². The van der Waals surface area contributed by atoms with E-state index in [9.17, 15) is 37.2 Å². The number of carbonyl (C=O) groups is 3. The van der Waals surface area contributed by atoms with Gasteiger partial charge in [-0.2, -0.15) is 5.26 Å². The number of nitrogens with one attached hydrogen (secondary N) is 2. The Kier molecular flexibility index (Phi) is 13.2. The van der Waals surface area contributed by atoms with Crippen molar-refractivity contribution in [1.29, 1.82) is 5.26 Å². The fourth-order valence-electron chi connectivity index (χ4n) is 5.00. The zero-order chi connectivity index (χ0) is 38.3. The number of nitriles is 1. The maximum atomic E-state index is 13.7. The minimum absolute atomic E-state index is 0.114. The number of allylic oxidation sites excluding steroid dienone is 1. The lowest BCUT2D eigenvalue weighted by atomic mass is 10.1. The highest BCUT2D eigenvalue weighted by atomic mass is 35.5. The van der Waals surface area contributed by atoms with E-state index in [4.69, 9.17) is 55.9 Å². The van der Waals surface area contributed by atoms with E-state index < -0.39 is 68.6 Å². The molecule has 0 bridgehead atoms. The summed E-state index contributed by atoms with van der Waals surface area (Å²) in [5, 5.41) is 11.4. The van der Waals surface area contributed by atoms with Crippen molar-refractivity contribution in [1.82, 2.24) is 5.32 Å². The maximum absolute atomic E-state index is 13.7. The van der Waals surface area contributed by atoms with E-state index in [-0.39, 0.29) is 21.7 Å². The average Bonchev–Trinajstić information content (AvgIpc) is 3.63. The van der Waals surface area contributed by atoms with E-state index in [0.29, 0.717) is 23.1 Å². The molecule has 270 valence electrons. The second-order valence-electron chi connectivity index (χ2n) is 11.6. The van der Waals surface area contributed by atoms with Gasteiger partial charge in [0.1, 0.15) is 44.3 Å². The van der Waals surface area contributed by atoms with Crippen LogP contribution >= 0.6 is 46.4 Å². The molecule has 1 saturated carbocycles. The number of anilines is 1. The Morgan fingerprint density at radius 1 is 0.885 bits per heavy atom. The van der Waals surface area contributed by atoms with Crippen LogP contribution in [-0.2, 0) is 9.53 Å². The van der Waals surface area contributed by atoms with Crippen molar-refractivity contribution in [3.8, 4) is 17.6 Å². The Bertz CT molecular complexity index is 2050. The summed E-state index contributed by atoms with van der Waals surface area (Å²) in [5.41, 5.74) is -1.40. The molecular formula is C36H25Cl4F4N3O5. The zero-order valence-electron chi connectivity index (χ0n) is 26.8. The molecule has 3 atom stereocenters. The van der Waals surface area contributed by atoms with Crippen LogP contribution in [0.5, 0.6) is 11.5 Å². The van der Waals surface area contributed by atoms with Crippen molar-refractivity contribution in [2.45, 2.75) is 20.0 Å². The quantitative estimate of drug-likeness (QED) is 0.0793. The van der Waals surface area contributed by atoms with Gasteiger partial charge < -0.3 is 14.8 Å². The Morgan fingerprint density at radius 3 is 2.12 bits per heavy atom. The molecule has 0 saturated heterocycles. The second kappa shape index (κ2) is 17.1. The Labute approximate surface area is 314 Å². The molecule has 3 amide bonds. The highest BCUT2D eigenvalue weighted by Gasteiger charge is 2.62. The molecule has 1 aliphatic rings. The fourth-order valence-corrected chi connectivity index (χ4v) is 5.72. The number of carbonyl (C=O) groups excluding carboxylic acids is 3. The van der Waals surface area contributed by atoms with Gasteiger partial charge in [-0.25, -0.2) is 22.4 Å². The first kappa shape index (κ1) is 40.0. The van der Waals surface area contributed by atoms with E-state index in [1.807, 2.05) is 55.6 Å². The molecule has 0 unspecified atom stereocenters. The van der Waals surface area contributed by atoms with Gasteiger partial charge in [-0.15, -0.1) is 0 Å². The smallest absolute Gasteiger partial charge is 0.326 e. The number of imide groups is 1. The summed E-state index contributed by atoms with van der Waals surface area (Å²) in [6.07, 6.45) is 0.615. The topological polar surface area (TPSA) is 118 Å². The molecule has 2 N–H and O–H groups in total. The number of nitrogens with zero attached hydrogens (tertiary/aromatic N) is 1. The lowest BCUT2D eigenvalue weighted by Crippen LogP contribution is -2.35. The Balaban J connectivity index is 0.000000236. The number of ether oxygens (including phenoxy) is 2. The van der Waals surface area contributed by atoms with E-state index in [2.05, 4.69) is 0 Å². The molecule has 1 aliphatic carbocycles. The molecule has 0 aliphatic heterocycles. The van der Waals surface area contributed by atoms with Gasteiger partial charge in [-0.3, -0.25) is 14.9 Å². The number of halogens is 8. The summed E-state index contributed by atoms with van der Waals surface area (Å²) in [7, 11) is 0. The molecule has 5 rings (SSSR count). The Hall–Kier alpha value is -4.80. The van der Waals surface area contributed by atoms with Gasteiger partial charge in [0.2, 0.25) is 6.10 Å². The predicted octanol–water partition coefficient (Wildman–Crippen LogP) is 10.7. The third-order valence-corrected chi connectivity index (χ3v) is 8.59. The van der Waals surface area contributed by atoms with Crippen molar-refractivity contribution < 1.29 is 41.4 Å². The highest BCUT2D eigenvalue weighted by Crippen LogP contribution is 2.60. The number of esters is 1. The summed E-state index contributed by atoms with van der Waals surface area (Å²) in [6.45, 7) is 3.87. The molecule has 4 aromatic carbocycles. The molecule has 0 heterocycles. The normalized spacial score (nSPS) is 15.8. The summed E-state index contributed by atoms with van der Waals surface area (Å²) < 4.78 is 65.2. The first-order valence-corrected chi connectivity index (χ1v) is 16.4. The van der Waals surface area contributed by atoms with Crippen molar-refractivity contribution in [2.24, 2.45) is 17.3 Å². The summed E-state index contributed by atoms with van der Waals surface area (Å²) in [4.78, 5) is 36.0. The molecule has 1 fully saturated rings. The van der Waals surface area contributed by atoms with Crippen LogP contribution in [0.1, 0.15) is 35.9 Å². The van der Waals surface area contributed by atoms with Crippen molar-refractivity contribution in [3.05, 3.63) is 134 Å². The molecule has 0 radical (unpaired) electrons. The van der Waals surface area contributed by atoms with Crippen LogP contribution in [0.3, 0.4) is 0 Å². The lowest BCUT2D eigenvalue weighted by Gasteiger charge is -2.13. The van der Waals surface area contributed by atoms with Crippen LogP contribution in [0.4, 0.5) is 28.0 Å². The maximum Gasteiger partial charge on any atom is 0.326 e. The van der Waals surface area contributed by atoms with E-state index in [1.165, 1.54) is 0 Å². The molecular weight excluding hydrogens is 772 g/mol. The molecule has 52 heavy (non-hydrogen) atoms. The summed E-state index contributed by atoms with van der Waals surface area (Å²) in [5.74, 6) is -6.07. The largest absolute Gasteiger partial charge is 0.457 e. The van der Waals surface area contributed by atoms with Gasteiger partial charge >= 0.3 is 12.0 Å². The number of hydrogen-bond donors (Lipinski definition) is 2. The number of rotatable bonds is 8. The van der Waals surface area contributed by atoms with Crippen LogP contribution in [0.25, 0.3) is 0 Å². The number of para-hydroxylation sites is 1. The SMILES string of the molecule is CC1(C)[C@H](C(=O)O[C@H](C#N)c2cccc(Oc3ccccc3)c2)[C@@H]1C=C(Cl)Cl.O=C(NC(=O)c1c(F)cccc1F)Nc1cc(Cl)c(F)c(Cl)c1F. The van der Waals surface area contributed by atoms with E-state index in [1.54, 1.807) is 35.7 Å². The molecule has 4 aromatic rings. The van der Waals surface area contributed by atoms with E-state index >= 15 is 0 Å². The van der Waals surface area contributed by atoms with Crippen molar-refractivity contribution >= 4 is 70.0 Å². The second-order valence-corrected chi connectivity index (χ2v) is 13.4. The standard InChI is InChI=1S/C22H19Cl2NO3.C14H6Cl2F4N2O2/c1-22(2)17(12-19(23)24)20(22)21(26)28-18(13-25)14-7-6-10-16(11-14)27-15-8-4-3-5-9-15;15-5-4-8(12(20)10(16)11(5)19)21-14(24)22-13(23)9-6(17)2-1-3-7(9)18/h3-12,17-18,20H,1-2H3;1-4H,(H2,21,22,23,24)/t17-,18+,20-;/m0./s1. The minimum atomic E-state index is -1.40. The predicted molar refractivity (Wildman–Crippen MR) is 187 cm³/mol. The van der Waals surface area contributed by atoms with Crippen LogP contribution in [0.15, 0.2) is 89.4 Å². The van der Waals surface area contributed by atoms with Crippen LogP contribution in [0, 0.1) is 51.9 Å². The van der Waals surface area contributed by atoms with Gasteiger partial charge in [0, 0.05) is 5.56 Å². The average molecular weight is 797 g/mol. The van der Waals surface area contributed by atoms with Crippen molar-refractivity contribution in [3.63, 3.8) is 0 Å². The zero-order valence-corrected chi connectivity index (χ0v) is 29.9. The van der Waals surface area contributed by atoms with Crippen LogP contribution in [0.2, 0.25) is 10.0 Å². The first-order chi connectivity index (χ1) is 24.5. The van der Waals surface area contributed by atoms with Gasteiger partial charge in [0.05, 0.1) is 16.6 Å². The first-order valence-electron chi connectivity index (χ1n) is 14.9. The van der Waals surface area contributed by atoms with Gasteiger partial charge in [0.15, 0.2) is 11.6 Å². The Morgan fingerprint density at radius 2 is 1.50 bits per heavy atom. The summed E-state index contributed by atoms with van der Waals surface area (Å²) >= 11 is 22.3. The van der Waals surface area contributed by atoms with Crippen LogP contribution < -0.4 is 15.4 Å². The number of hydrogen-bond acceptors (Lipinski definition) is 6. The van der Waals surface area contributed by atoms with Gasteiger partial charge in [-0.05, 0) is 59.9 Å². The molecule has 0 spiro atoms. The third-order valence-electron chi connectivity index (χ3n) is 7.73. The third kappa shape index (κ3) is 9.74. The summed E-state index contributed by atoms with van der Waals surface area (Å²) in [6, 6.07) is 20.3. The number of benzene rings is 4.